The van der Waals surface area contributed by atoms with Gasteiger partial charge >= 0.3 is 0 Å². The van der Waals surface area contributed by atoms with Gasteiger partial charge in [0.2, 0.25) is 0 Å². The Morgan fingerprint density at radius 1 is 0.872 bits per heavy atom. The van der Waals surface area contributed by atoms with Crippen LogP contribution < -0.4 is 0 Å². The van der Waals surface area contributed by atoms with E-state index in [1.165, 1.54) is 23.8 Å². The number of aliphatic hydroxyl groups excluding tert-OH is 2. The third-order valence-corrected chi connectivity index (χ3v) is 10.3. The maximum absolute atomic E-state index is 11.1. The van der Waals surface area contributed by atoms with E-state index in [1.807, 2.05) is 18.2 Å². The number of aliphatic hydroxyl groups is 2. The number of pyridine rings is 1. The summed E-state index contributed by atoms with van der Waals surface area (Å²) in [4.78, 5) is 4.70. The van der Waals surface area contributed by atoms with Crippen LogP contribution in [0.3, 0.4) is 0 Å². The number of aryl methyl sites for hydroxylation is 2. The van der Waals surface area contributed by atoms with Gasteiger partial charge in [-0.05, 0) is 78.8 Å². The summed E-state index contributed by atoms with van der Waals surface area (Å²) in [5.74, 6) is 0.636. The first-order chi connectivity index (χ1) is 18.2. The molecule has 1 radical (unpaired) electrons. The monoisotopic (exact) mass is 707 g/mol. The molecule has 4 heteroatoms. The van der Waals surface area contributed by atoms with Crippen molar-refractivity contribution >= 4 is 10.9 Å². The van der Waals surface area contributed by atoms with Gasteiger partial charge in [0, 0.05) is 26.0 Å². The van der Waals surface area contributed by atoms with Crippen molar-refractivity contribution in [2.45, 2.75) is 105 Å². The van der Waals surface area contributed by atoms with E-state index in [4.69, 9.17) is 4.98 Å². The molecule has 0 spiro atoms. The van der Waals surface area contributed by atoms with Crippen LogP contribution in [0.4, 0.5) is 0 Å². The molecule has 39 heavy (non-hydrogen) atoms. The van der Waals surface area contributed by atoms with Gasteiger partial charge in [-0.25, -0.2) is 0 Å². The van der Waals surface area contributed by atoms with Gasteiger partial charge in [0.25, 0.3) is 0 Å². The molecular weight excluding hydrogens is 659 g/mol. The fraction of sp³-hybridized carbons (Fsp3) is 0.571. The molecule has 0 saturated heterocycles. The van der Waals surface area contributed by atoms with Crippen molar-refractivity contribution in [1.82, 2.24) is 4.98 Å². The number of rotatable bonds is 5. The molecule has 2 aliphatic rings. The Hall–Kier alpha value is -1.58. The Morgan fingerprint density at radius 3 is 2.15 bits per heavy atom. The van der Waals surface area contributed by atoms with Crippen LogP contribution in [-0.2, 0) is 20.1 Å². The second kappa shape index (κ2) is 13.4. The Morgan fingerprint density at radius 2 is 1.51 bits per heavy atom. The van der Waals surface area contributed by atoms with Crippen LogP contribution in [0.1, 0.15) is 90.2 Å². The normalized spacial score (nSPS) is 25.1. The average molecular weight is 707 g/mol. The van der Waals surface area contributed by atoms with Crippen molar-refractivity contribution in [3.05, 3.63) is 65.7 Å². The Bertz CT molecular complexity index is 1200. The van der Waals surface area contributed by atoms with Crippen molar-refractivity contribution in [3.63, 3.8) is 0 Å². The zero-order chi connectivity index (χ0) is 27.5. The molecule has 215 valence electrons. The third-order valence-electron chi connectivity index (χ3n) is 10.3. The maximum Gasteiger partial charge on any atom is 0.0651 e. The summed E-state index contributed by atoms with van der Waals surface area (Å²) in [6, 6.07) is 20.0. The predicted octanol–water partition coefficient (Wildman–Crippen LogP) is 8.46. The average Bonchev–Trinajstić information content (AvgIpc) is 3.13. The van der Waals surface area contributed by atoms with Gasteiger partial charge in [0.15, 0.2) is 0 Å². The smallest absolute Gasteiger partial charge is 0.0651 e. The van der Waals surface area contributed by atoms with Crippen LogP contribution >= 0.6 is 0 Å². The molecule has 2 fully saturated rings. The van der Waals surface area contributed by atoms with E-state index in [0.29, 0.717) is 5.92 Å². The molecule has 0 amide bonds. The number of aromatic nitrogens is 1. The van der Waals surface area contributed by atoms with Crippen molar-refractivity contribution in [2.75, 3.05) is 0 Å². The minimum atomic E-state index is -0.319. The maximum atomic E-state index is 11.1. The van der Waals surface area contributed by atoms with Crippen molar-refractivity contribution in [2.24, 2.45) is 22.7 Å². The van der Waals surface area contributed by atoms with Crippen molar-refractivity contribution in [3.8, 4) is 11.3 Å². The van der Waals surface area contributed by atoms with Gasteiger partial charge in [-0.2, -0.15) is 0 Å². The largest absolute Gasteiger partial charge is 0.392 e. The molecular formula is C35H48IrNO2-. The fourth-order valence-corrected chi connectivity index (χ4v) is 7.67. The van der Waals surface area contributed by atoms with E-state index in [2.05, 4.69) is 77.9 Å². The van der Waals surface area contributed by atoms with Gasteiger partial charge < -0.3 is 10.2 Å². The van der Waals surface area contributed by atoms with Gasteiger partial charge in [0.1, 0.15) is 0 Å². The van der Waals surface area contributed by atoms with Crippen molar-refractivity contribution < 1.29 is 30.3 Å². The minimum Gasteiger partial charge on any atom is -0.392 e. The summed E-state index contributed by atoms with van der Waals surface area (Å²) in [6.07, 6.45) is 8.17. The molecule has 2 N–H and O–H groups in total. The first-order valence-corrected chi connectivity index (χ1v) is 14.9. The second-order valence-electron chi connectivity index (χ2n) is 12.1. The van der Waals surface area contributed by atoms with Gasteiger partial charge in [-0.3, -0.25) is 4.98 Å². The Balaban J connectivity index is 0.000000211. The van der Waals surface area contributed by atoms with Crippen LogP contribution in [0, 0.1) is 42.6 Å². The molecule has 3 nitrogen and oxygen atoms in total. The van der Waals surface area contributed by atoms with E-state index in [-0.39, 0.29) is 49.1 Å². The molecule has 5 rings (SSSR count). The predicted molar refractivity (Wildman–Crippen MR) is 159 cm³/mol. The van der Waals surface area contributed by atoms with Gasteiger partial charge in [-0.15, -0.1) is 34.9 Å². The summed E-state index contributed by atoms with van der Waals surface area (Å²) in [5, 5.41) is 23.3. The molecule has 0 aliphatic heterocycles. The topological polar surface area (TPSA) is 53.4 Å². The van der Waals surface area contributed by atoms with E-state index < -0.39 is 0 Å². The van der Waals surface area contributed by atoms with Crippen LogP contribution in [0.5, 0.6) is 0 Å². The zero-order valence-corrected chi connectivity index (χ0v) is 27.2. The molecule has 1 aromatic heterocycles. The molecule has 2 saturated carbocycles. The first kappa shape index (κ1) is 31.9. The van der Waals surface area contributed by atoms with Crippen LogP contribution in [-0.4, -0.2) is 27.4 Å². The third kappa shape index (κ3) is 6.35. The van der Waals surface area contributed by atoms with Crippen LogP contribution in [0.25, 0.3) is 22.2 Å². The van der Waals surface area contributed by atoms with Crippen LogP contribution in [0.2, 0.25) is 0 Å². The summed E-state index contributed by atoms with van der Waals surface area (Å²) in [5.41, 5.74) is 5.58. The standard InChI is InChI=1S/C18H34O2.C17H14N.Ir/c1-5-17(6-2)11-9-10-13-12-18(7-3,8-4)16(20)14(13)15(17)19;1-12-9-13(2)11-15(10-12)17-8-7-14-5-3-4-6-16(14)18-17;/h13-16,19-20H,5-12H2,1-4H3;3-10H,1-2H3;/q;-1;. The molecule has 1 heterocycles. The first-order valence-electron chi connectivity index (χ1n) is 14.9. The SMILES string of the molecule is CCC1(CC)CCCC2CC(CC)(CC)C(O)C2C1O.Cc1[c-]c(-c2ccc3ccccc3n2)cc(C)c1.[Ir]. The fourth-order valence-electron chi connectivity index (χ4n) is 7.67. The second-order valence-corrected chi connectivity index (χ2v) is 12.1. The summed E-state index contributed by atoms with van der Waals surface area (Å²) >= 11 is 0. The number of fused-ring (bicyclic) bond motifs is 2. The van der Waals surface area contributed by atoms with E-state index in [0.717, 1.165) is 60.9 Å². The molecule has 4 unspecified atom stereocenters. The van der Waals surface area contributed by atoms with Gasteiger partial charge in [0.05, 0.1) is 17.7 Å². The zero-order valence-electron chi connectivity index (χ0n) is 24.8. The van der Waals surface area contributed by atoms with Gasteiger partial charge in [-0.1, -0.05) is 78.3 Å². The molecule has 4 atom stereocenters. The summed E-state index contributed by atoms with van der Waals surface area (Å²) in [7, 11) is 0. The molecule has 3 aromatic rings. The molecule has 2 aliphatic carbocycles. The summed E-state index contributed by atoms with van der Waals surface area (Å²) < 4.78 is 0. The van der Waals surface area contributed by atoms with E-state index in [9.17, 15) is 10.2 Å². The number of hydrogen-bond acceptors (Lipinski definition) is 3. The van der Waals surface area contributed by atoms with E-state index >= 15 is 0 Å². The Kier molecular flexibility index (Phi) is 11.0. The number of hydrogen-bond donors (Lipinski definition) is 2. The van der Waals surface area contributed by atoms with Crippen molar-refractivity contribution in [1.29, 1.82) is 0 Å². The number of para-hydroxylation sites is 1. The Labute approximate surface area is 250 Å². The van der Waals surface area contributed by atoms with Crippen LogP contribution in [0.15, 0.2) is 48.5 Å². The number of benzene rings is 2. The quantitative estimate of drug-likeness (QED) is 0.262. The minimum absolute atomic E-state index is 0. The molecule has 0 bridgehead atoms. The summed E-state index contributed by atoms with van der Waals surface area (Å²) in [6.45, 7) is 13.0. The molecule has 2 aromatic carbocycles. The number of nitrogens with zero attached hydrogens (tertiary/aromatic N) is 1. The van der Waals surface area contributed by atoms with E-state index in [1.54, 1.807) is 0 Å².